The summed E-state index contributed by atoms with van der Waals surface area (Å²) in [5.41, 5.74) is 0. The Labute approximate surface area is 108 Å². The van der Waals surface area contributed by atoms with Gasteiger partial charge >= 0.3 is 8.60 Å². The van der Waals surface area contributed by atoms with E-state index in [9.17, 15) is 4.89 Å². The smallest absolute Gasteiger partial charge is 0.418 e. The predicted octanol–water partition coefficient (Wildman–Crippen LogP) is 4.17. The molecule has 0 atom stereocenters. The van der Waals surface area contributed by atoms with E-state index in [2.05, 4.69) is 13.2 Å². The molecule has 0 bridgehead atoms. The summed E-state index contributed by atoms with van der Waals surface area (Å²) in [4.78, 5) is 9.58. The van der Waals surface area contributed by atoms with E-state index in [-0.39, 0.29) is 0 Å². The Balaban J connectivity index is 0.000000771. The van der Waals surface area contributed by atoms with Crippen molar-refractivity contribution >= 4 is 8.60 Å². The Kier molecular flexibility index (Phi) is 6.55. The van der Waals surface area contributed by atoms with E-state index in [0.29, 0.717) is 11.5 Å². The molecule has 2 rings (SSSR count). The summed E-state index contributed by atoms with van der Waals surface area (Å²) in [5.74, 6) is 1.18. The van der Waals surface area contributed by atoms with E-state index in [0.717, 1.165) is 0 Å². The van der Waals surface area contributed by atoms with Gasteiger partial charge in [0.05, 0.1) is 0 Å². The molecule has 0 saturated heterocycles. The van der Waals surface area contributed by atoms with Crippen LogP contribution in [0.4, 0.5) is 0 Å². The molecule has 0 radical (unpaired) electrons. The van der Waals surface area contributed by atoms with Crippen LogP contribution in [0.3, 0.4) is 0 Å². The van der Waals surface area contributed by atoms with Gasteiger partial charge in [-0.05, 0) is 24.3 Å². The summed E-state index contributed by atoms with van der Waals surface area (Å²) in [7, 11) is -1.93. The monoisotopic (exact) mass is 262 g/mol. The minimum absolute atomic E-state index is 0.590. The molecule has 1 N–H and O–H groups in total. The van der Waals surface area contributed by atoms with Crippen molar-refractivity contribution in [2.24, 2.45) is 0 Å². The van der Waals surface area contributed by atoms with Crippen molar-refractivity contribution in [1.82, 2.24) is 0 Å². The van der Waals surface area contributed by atoms with Crippen LogP contribution in [0.2, 0.25) is 0 Å². The Hall–Kier alpha value is -1.83. The molecule has 0 heterocycles. The minimum Gasteiger partial charge on any atom is -0.418 e. The summed E-state index contributed by atoms with van der Waals surface area (Å²) in [5, 5.41) is 0. The van der Waals surface area contributed by atoms with Gasteiger partial charge in [0.1, 0.15) is 11.5 Å². The Bertz CT molecular complexity index is 392. The lowest BCUT2D eigenvalue weighted by molar-refractivity contribution is 0.382. The second-order valence-corrected chi connectivity index (χ2v) is 3.89. The Morgan fingerprint density at radius 1 is 0.722 bits per heavy atom. The van der Waals surface area contributed by atoms with Gasteiger partial charge in [0.2, 0.25) is 0 Å². The first-order valence-electron chi connectivity index (χ1n) is 5.29. The van der Waals surface area contributed by atoms with Gasteiger partial charge in [0.25, 0.3) is 0 Å². The predicted molar refractivity (Wildman–Crippen MR) is 74.5 cm³/mol. The number of benzene rings is 2. The molecular weight excluding hydrogens is 247 g/mol. The molecule has 18 heavy (non-hydrogen) atoms. The molecule has 2 aromatic rings. The molecule has 0 amide bonds. The van der Waals surface area contributed by atoms with E-state index in [4.69, 9.17) is 9.05 Å². The van der Waals surface area contributed by atoms with Crippen molar-refractivity contribution in [3.63, 3.8) is 0 Å². The van der Waals surface area contributed by atoms with Crippen LogP contribution in [0, 0.1) is 0 Å². The van der Waals surface area contributed by atoms with Crippen LogP contribution in [0.25, 0.3) is 0 Å². The SMILES string of the molecule is C=C.OP(Oc1ccccc1)Oc1ccccc1. The lowest BCUT2D eigenvalue weighted by Gasteiger charge is -2.11. The molecule has 0 aliphatic heterocycles. The second kappa shape index (κ2) is 8.29. The van der Waals surface area contributed by atoms with Gasteiger partial charge in [-0.2, -0.15) is 0 Å². The van der Waals surface area contributed by atoms with Gasteiger partial charge < -0.3 is 13.9 Å². The highest BCUT2D eigenvalue weighted by Gasteiger charge is 2.10. The van der Waals surface area contributed by atoms with Crippen molar-refractivity contribution in [3.8, 4) is 11.5 Å². The number of rotatable bonds is 4. The van der Waals surface area contributed by atoms with Crippen LogP contribution in [-0.2, 0) is 0 Å². The average Bonchev–Trinajstić information content (AvgIpc) is 2.43. The fourth-order valence-corrected chi connectivity index (χ4v) is 1.80. The Morgan fingerprint density at radius 2 is 1.06 bits per heavy atom. The highest BCUT2D eigenvalue weighted by Crippen LogP contribution is 2.35. The van der Waals surface area contributed by atoms with E-state index in [1.165, 1.54) is 0 Å². The summed E-state index contributed by atoms with van der Waals surface area (Å²) in [6, 6.07) is 18.2. The zero-order chi connectivity index (χ0) is 13.2. The van der Waals surface area contributed by atoms with E-state index in [1.54, 1.807) is 24.3 Å². The number of hydrogen-bond acceptors (Lipinski definition) is 3. The number of hydrogen-bond donors (Lipinski definition) is 1. The van der Waals surface area contributed by atoms with E-state index in [1.807, 2.05) is 36.4 Å². The highest BCUT2D eigenvalue weighted by atomic mass is 31.2. The molecule has 4 heteroatoms. The first kappa shape index (κ1) is 14.2. The fraction of sp³-hybridized carbons (Fsp3) is 0. The van der Waals surface area contributed by atoms with Gasteiger partial charge in [-0.15, -0.1) is 13.2 Å². The van der Waals surface area contributed by atoms with Gasteiger partial charge in [0, 0.05) is 0 Å². The summed E-state index contributed by atoms with van der Waals surface area (Å²) < 4.78 is 10.4. The molecule has 0 aromatic heterocycles. The molecule has 0 spiro atoms. The third-order valence-corrected chi connectivity index (χ3v) is 2.59. The van der Waals surface area contributed by atoms with Crippen LogP contribution in [0.15, 0.2) is 73.8 Å². The van der Waals surface area contributed by atoms with Crippen molar-refractivity contribution < 1.29 is 13.9 Å². The maximum Gasteiger partial charge on any atom is 0.460 e. The van der Waals surface area contributed by atoms with Crippen molar-refractivity contribution in [2.75, 3.05) is 0 Å². The molecule has 0 saturated carbocycles. The number of para-hydroxylation sites is 2. The van der Waals surface area contributed by atoms with Gasteiger partial charge in [-0.25, -0.2) is 0 Å². The van der Waals surface area contributed by atoms with Crippen molar-refractivity contribution in [2.45, 2.75) is 0 Å². The third-order valence-electron chi connectivity index (χ3n) is 1.85. The zero-order valence-electron chi connectivity index (χ0n) is 9.90. The lowest BCUT2D eigenvalue weighted by atomic mass is 10.3. The first-order valence-corrected chi connectivity index (χ1v) is 6.43. The molecule has 3 nitrogen and oxygen atoms in total. The van der Waals surface area contributed by atoms with Gasteiger partial charge in [-0.3, -0.25) is 0 Å². The van der Waals surface area contributed by atoms with Crippen LogP contribution in [0.5, 0.6) is 11.5 Å². The molecular formula is C14H15O3P. The maximum atomic E-state index is 9.58. The Morgan fingerprint density at radius 3 is 1.39 bits per heavy atom. The first-order chi connectivity index (χ1) is 8.84. The lowest BCUT2D eigenvalue weighted by Crippen LogP contribution is -1.93. The van der Waals surface area contributed by atoms with Crippen LogP contribution in [-0.4, -0.2) is 4.89 Å². The van der Waals surface area contributed by atoms with E-state index < -0.39 is 8.60 Å². The molecule has 0 aliphatic rings. The maximum absolute atomic E-state index is 9.58. The molecule has 0 fully saturated rings. The minimum atomic E-state index is -1.93. The topological polar surface area (TPSA) is 38.7 Å². The molecule has 2 aromatic carbocycles. The normalized spacial score (nSPS) is 9.22. The zero-order valence-corrected chi connectivity index (χ0v) is 10.8. The van der Waals surface area contributed by atoms with Crippen molar-refractivity contribution in [1.29, 1.82) is 0 Å². The third kappa shape index (κ3) is 5.00. The summed E-state index contributed by atoms with van der Waals surface area (Å²) in [6.07, 6.45) is 0. The van der Waals surface area contributed by atoms with Gasteiger partial charge in [0.15, 0.2) is 0 Å². The standard InChI is InChI=1S/C12H11O3P.C2H4/c13-16(14-11-7-3-1-4-8-11)15-12-9-5-2-6-10-12;1-2/h1-10,13H;1-2H2. The fourth-order valence-electron chi connectivity index (χ4n) is 1.16. The van der Waals surface area contributed by atoms with Crippen LogP contribution in [0.1, 0.15) is 0 Å². The average molecular weight is 262 g/mol. The molecule has 0 unspecified atom stereocenters. The summed E-state index contributed by atoms with van der Waals surface area (Å²) in [6.45, 7) is 6.00. The highest BCUT2D eigenvalue weighted by molar-refractivity contribution is 7.41. The molecule has 94 valence electrons. The van der Waals surface area contributed by atoms with Gasteiger partial charge in [-0.1, -0.05) is 36.4 Å². The van der Waals surface area contributed by atoms with Crippen LogP contribution < -0.4 is 9.05 Å². The molecule has 0 aliphatic carbocycles. The van der Waals surface area contributed by atoms with Crippen molar-refractivity contribution in [3.05, 3.63) is 73.8 Å². The quantitative estimate of drug-likeness (QED) is 0.664. The largest absolute Gasteiger partial charge is 0.460 e. The second-order valence-electron chi connectivity index (χ2n) is 3.05. The van der Waals surface area contributed by atoms with E-state index >= 15 is 0 Å². The summed E-state index contributed by atoms with van der Waals surface area (Å²) >= 11 is 0. The van der Waals surface area contributed by atoms with Crippen LogP contribution >= 0.6 is 8.60 Å².